The van der Waals surface area contributed by atoms with Gasteiger partial charge in [0.15, 0.2) is 12.5 Å². The van der Waals surface area contributed by atoms with Crippen LogP contribution < -0.4 is 27.2 Å². The first kappa shape index (κ1) is 57.6. The topological polar surface area (TPSA) is 501 Å². The van der Waals surface area contributed by atoms with Gasteiger partial charge in [0, 0.05) is 44.1 Å². The van der Waals surface area contributed by atoms with Gasteiger partial charge in [-0.05, 0) is 12.8 Å². The number of phosphoric ester groups is 1. The Balaban J connectivity index is 1.10. The van der Waals surface area contributed by atoms with Crippen LogP contribution in [0.15, 0.2) is 15.8 Å². The lowest BCUT2D eigenvalue weighted by Crippen LogP contribution is -2.66. The van der Waals surface area contributed by atoms with E-state index in [1.54, 1.807) is 0 Å². The molecule has 15 atom stereocenters. The Morgan fingerprint density at radius 1 is 0.721 bits per heavy atom. The molecule has 68 heavy (non-hydrogen) atoms. The molecule has 35 heteroatoms. The summed E-state index contributed by atoms with van der Waals surface area (Å²) in [5.41, 5.74) is -2.10. The van der Waals surface area contributed by atoms with Crippen molar-refractivity contribution in [2.45, 2.75) is 131 Å². The maximum atomic E-state index is 12.6. The first-order valence-corrected chi connectivity index (χ1v) is 25.1. The van der Waals surface area contributed by atoms with E-state index in [9.17, 15) is 88.3 Å². The van der Waals surface area contributed by atoms with Crippen LogP contribution in [0.25, 0.3) is 0 Å². The van der Waals surface area contributed by atoms with Gasteiger partial charge < -0.3 is 95.3 Å². The van der Waals surface area contributed by atoms with E-state index >= 15 is 0 Å². The third kappa shape index (κ3) is 17.1. The minimum atomic E-state index is -5.81. The number of nitrogens with zero attached hydrogens (tertiary/aromatic N) is 1. The fraction of sp³-hybridized carbons (Fsp3) is 0.788. The molecule has 32 nitrogen and oxygen atoms in total. The first-order chi connectivity index (χ1) is 31.7. The highest BCUT2D eigenvalue weighted by Crippen LogP contribution is 2.66. The third-order valence-corrected chi connectivity index (χ3v) is 14.2. The zero-order chi connectivity index (χ0) is 50.7. The summed E-state index contributed by atoms with van der Waals surface area (Å²) >= 11 is 0. The molecule has 0 radical (unpaired) electrons. The highest BCUT2D eigenvalue weighted by Gasteiger charge is 2.51. The molecule has 0 saturated carbocycles. The van der Waals surface area contributed by atoms with Gasteiger partial charge in [-0.25, -0.2) is 18.5 Å². The SMILES string of the molecule is O=C(CCC(=O)N[C@@H]1O[C@H](CO)[C@@H](O[C@H]2O[C@H](CO)[C@@H](O)[C@H](O)[C@H]2O)[C@H](O)[C@H]1O)NCCCCCCNC(=O)Cc1cn([C@H]2C[C@H](O)[C@@H](COP(=O)(O)OP(=O)(O)OP(=O)(O)O)O2)c(=O)[nH]c1=O. The number of aliphatic hydroxyl groups is 8. The Morgan fingerprint density at radius 2 is 1.34 bits per heavy atom. The molecule has 4 heterocycles. The lowest BCUT2D eigenvalue weighted by atomic mass is 9.96. The number of unbranched alkanes of at least 4 members (excludes halogenated alkanes) is 3. The second kappa shape index (κ2) is 25.4. The van der Waals surface area contributed by atoms with Crippen molar-refractivity contribution >= 4 is 41.2 Å². The molecule has 0 spiro atoms. The van der Waals surface area contributed by atoms with Crippen molar-refractivity contribution in [3.8, 4) is 0 Å². The second-order valence-corrected chi connectivity index (χ2v) is 20.0. The highest BCUT2D eigenvalue weighted by atomic mass is 31.3. The fourth-order valence-corrected chi connectivity index (χ4v) is 9.95. The van der Waals surface area contributed by atoms with Crippen LogP contribution in [0.1, 0.15) is 56.7 Å². The number of rotatable bonds is 25. The van der Waals surface area contributed by atoms with Crippen LogP contribution in [0, 0.1) is 0 Å². The molecular weight excluding hydrogens is 991 g/mol. The van der Waals surface area contributed by atoms with E-state index in [0.717, 1.165) is 10.8 Å². The van der Waals surface area contributed by atoms with Crippen molar-refractivity contribution in [3.05, 3.63) is 32.6 Å². The lowest BCUT2D eigenvalue weighted by Gasteiger charge is -2.46. The summed E-state index contributed by atoms with van der Waals surface area (Å²) in [5, 5.41) is 88.8. The zero-order valence-electron chi connectivity index (χ0n) is 35.6. The molecule has 390 valence electrons. The van der Waals surface area contributed by atoms with Crippen molar-refractivity contribution in [1.82, 2.24) is 25.5 Å². The van der Waals surface area contributed by atoms with E-state index in [1.807, 2.05) is 4.98 Å². The molecule has 0 bridgehead atoms. The minimum absolute atomic E-state index is 0.185. The maximum absolute atomic E-state index is 12.6. The van der Waals surface area contributed by atoms with Crippen LogP contribution in [0.4, 0.5) is 0 Å². The molecular formula is C33H56N5O27P3. The van der Waals surface area contributed by atoms with Gasteiger partial charge in [-0.1, -0.05) is 12.8 Å². The number of ether oxygens (including phenoxy) is 4. The number of aliphatic hydroxyl groups excluding tert-OH is 8. The number of phosphoric acid groups is 3. The van der Waals surface area contributed by atoms with Gasteiger partial charge in [0.2, 0.25) is 17.7 Å². The molecule has 0 aliphatic carbocycles. The summed E-state index contributed by atoms with van der Waals surface area (Å²) in [7, 11) is -17.0. The molecule has 1 aromatic heterocycles. The van der Waals surface area contributed by atoms with Crippen molar-refractivity contribution < 1.29 is 121 Å². The number of carbonyl (C=O) groups excluding carboxylic acids is 3. The maximum Gasteiger partial charge on any atom is 0.490 e. The number of nitrogens with one attached hydrogen (secondary N) is 4. The smallest absolute Gasteiger partial charge is 0.394 e. The van der Waals surface area contributed by atoms with Crippen LogP contribution in [0.2, 0.25) is 0 Å². The highest BCUT2D eigenvalue weighted by molar-refractivity contribution is 7.66. The average Bonchev–Trinajstić information content (AvgIpc) is 3.62. The molecule has 4 rings (SSSR count). The molecule has 2 unspecified atom stereocenters. The van der Waals surface area contributed by atoms with Gasteiger partial charge in [0.1, 0.15) is 61.2 Å². The summed E-state index contributed by atoms with van der Waals surface area (Å²) in [6, 6.07) is 0. The summed E-state index contributed by atoms with van der Waals surface area (Å²) in [4.78, 5) is 101. The van der Waals surface area contributed by atoms with Crippen molar-refractivity contribution in [3.63, 3.8) is 0 Å². The van der Waals surface area contributed by atoms with E-state index in [0.29, 0.717) is 25.7 Å². The van der Waals surface area contributed by atoms with Gasteiger partial charge in [0.25, 0.3) is 5.56 Å². The Labute approximate surface area is 383 Å². The van der Waals surface area contributed by atoms with Gasteiger partial charge >= 0.3 is 29.2 Å². The van der Waals surface area contributed by atoms with E-state index in [4.69, 9.17) is 28.7 Å². The molecule has 3 amide bonds. The molecule has 0 aromatic carbocycles. The Hall–Kier alpha value is -2.98. The summed E-state index contributed by atoms with van der Waals surface area (Å²) in [6.07, 6.45) is -19.2. The monoisotopic (exact) mass is 1050 g/mol. The molecule has 16 N–H and O–H groups in total. The number of aromatic amines is 1. The van der Waals surface area contributed by atoms with E-state index < -0.39 is 158 Å². The van der Waals surface area contributed by atoms with E-state index in [2.05, 4.69) is 29.1 Å². The summed E-state index contributed by atoms with van der Waals surface area (Å²) in [5.74, 6) is -1.84. The Bertz CT molecular complexity index is 2120. The number of amides is 3. The predicted molar refractivity (Wildman–Crippen MR) is 218 cm³/mol. The minimum Gasteiger partial charge on any atom is -0.394 e. The van der Waals surface area contributed by atoms with Crippen LogP contribution in [-0.2, 0) is 66.6 Å². The number of aromatic nitrogens is 2. The Kier molecular flexibility index (Phi) is 21.5. The molecule has 1 aromatic rings. The summed E-state index contributed by atoms with van der Waals surface area (Å²) < 4.78 is 68.5. The third-order valence-electron chi connectivity index (χ3n) is 10.4. The first-order valence-electron chi connectivity index (χ1n) is 20.6. The van der Waals surface area contributed by atoms with Gasteiger partial charge in [0.05, 0.1) is 32.3 Å². The zero-order valence-corrected chi connectivity index (χ0v) is 38.2. The van der Waals surface area contributed by atoms with Crippen molar-refractivity contribution in [1.29, 1.82) is 0 Å². The van der Waals surface area contributed by atoms with Crippen LogP contribution in [0.3, 0.4) is 0 Å². The van der Waals surface area contributed by atoms with E-state index in [-0.39, 0.29) is 37.9 Å². The van der Waals surface area contributed by atoms with E-state index in [1.165, 1.54) is 0 Å². The van der Waals surface area contributed by atoms with Gasteiger partial charge in [-0.3, -0.25) is 33.3 Å². The molecule has 3 saturated heterocycles. The van der Waals surface area contributed by atoms with Crippen molar-refractivity contribution in [2.75, 3.05) is 32.9 Å². The fourth-order valence-electron chi connectivity index (χ4n) is 6.92. The molecule has 3 aliphatic rings. The Morgan fingerprint density at radius 3 is 1.96 bits per heavy atom. The van der Waals surface area contributed by atoms with Crippen molar-refractivity contribution in [2.24, 2.45) is 0 Å². The van der Waals surface area contributed by atoms with Gasteiger partial charge in [-0.15, -0.1) is 0 Å². The quantitative estimate of drug-likeness (QED) is 0.0320. The molecule has 3 fully saturated rings. The van der Waals surface area contributed by atoms with Crippen LogP contribution in [-0.4, -0.2) is 194 Å². The average molecular weight is 1050 g/mol. The standard InChI is InChI=1S/C33H56N5O27P3/c39-12-17-24(45)25(46)28(49)32(62-17)63-29-18(13-40)61-31(27(48)26(29)47)36-21(43)6-5-20(42)34-7-3-1-2-4-8-35-22(44)9-15-11-38(33(51)37-30(15)50)23-10-16(41)19(60-23)14-59-67(55,56)65-68(57,58)64-66(52,53)54/h11,16-19,23-29,31-32,39-41,45-49H,1-10,12-14H2,(H,34,42)(H,35,44)(H,36,43)(H,55,56)(H,57,58)(H,37,50,51)(H2,52,53,54)/t16-,17+,18+,19+,23+,24+,25-,26+,27+,28+,29+,31+,32+/m0/s1. The normalized spacial score (nSPS) is 31.6. The number of H-pyrrole nitrogens is 1. The van der Waals surface area contributed by atoms with Crippen LogP contribution in [0.5, 0.6) is 0 Å². The van der Waals surface area contributed by atoms with Gasteiger partial charge in [-0.2, -0.15) is 8.62 Å². The second-order valence-electron chi connectivity index (χ2n) is 15.6. The number of hydrogen-bond acceptors (Lipinski definition) is 23. The predicted octanol–water partition coefficient (Wildman–Crippen LogP) is -6.62. The molecule has 3 aliphatic heterocycles. The summed E-state index contributed by atoms with van der Waals surface area (Å²) in [6.45, 7) is -2.17. The number of carbonyl (C=O) groups is 3. The van der Waals surface area contributed by atoms with Crippen LogP contribution >= 0.6 is 23.5 Å². The number of hydrogen-bond donors (Lipinski definition) is 16. The largest absolute Gasteiger partial charge is 0.490 e. The lowest BCUT2D eigenvalue weighted by molar-refractivity contribution is -0.343.